The van der Waals surface area contributed by atoms with Gasteiger partial charge in [0, 0.05) is 6.54 Å². The van der Waals surface area contributed by atoms with E-state index in [0.29, 0.717) is 0 Å². The van der Waals surface area contributed by atoms with Crippen molar-refractivity contribution in [2.45, 2.75) is 58.4 Å². The summed E-state index contributed by atoms with van der Waals surface area (Å²) in [4.78, 5) is 2.60. The number of nitrogens with one attached hydrogen (secondary N) is 1. The third-order valence-electron chi connectivity index (χ3n) is 4.43. The Balaban J connectivity index is 1.58. The Morgan fingerprint density at radius 1 is 1.00 bits per heavy atom. The summed E-state index contributed by atoms with van der Waals surface area (Å²) >= 11 is 0. The maximum absolute atomic E-state index is 3.57. The lowest BCUT2D eigenvalue weighted by Crippen LogP contribution is -2.22. The summed E-state index contributed by atoms with van der Waals surface area (Å²) < 4.78 is 0. The van der Waals surface area contributed by atoms with Crippen LogP contribution in [-0.4, -0.2) is 31.1 Å². The maximum Gasteiger partial charge on any atom is 0.0205 e. The molecule has 1 heterocycles. The third-order valence-corrected chi connectivity index (χ3v) is 4.43. The molecule has 0 radical (unpaired) electrons. The fourth-order valence-corrected chi connectivity index (χ4v) is 2.95. The molecule has 1 aromatic carbocycles. The monoisotopic (exact) mass is 288 g/mol. The summed E-state index contributed by atoms with van der Waals surface area (Å²) in [6, 6.07) is 9.06. The Bertz CT molecular complexity index is 397. The Morgan fingerprint density at radius 3 is 2.29 bits per heavy atom. The zero-order valence-corrected chi connectivity index (χ0v) is 14.1. The number of hydrogen-bond donors (Lipinski definition) is 1. The quantitative estimate of drug-likeness (QED) is 0.764. The number of nitrogens with zero attached hydrogens (tertiary/aromatic N) is 1. The molecule has 2 heteroatoms. The van der Waals surface area contributed by atoms with Crippen molar-refractivity contribution in [3.05, 3.63) is 35.4 Å². The van der Waals surface area contributed by atoms with Crippen molar-refractivity contribution in [1.82, 2.24) is 10.2 Å². The molecular weight excluding hydrogens is 256 g/mol. The van der Waals surface area contributed by atoms with Gasteiger partial charge in [-0.3, -0.25) is 0 Å². The van der Waals surface area contributed by atoms with Gasteiger partial charge in [0.15, 0.2) is 0 Å². The molecule has 2 nitrogen and oxygen atoms in total. The number of hydrogen-bond acceptors (Lipinski definition) is 2. The first-order chi connectivity index (χ1) is 10.1. The molecule has 1 saturated heterocycles. The van der Waals surface area contributed by atoms with E-state index in [2.05, 4.69) is 55.3 Å². The molecule has 21 heavy (non-hydrogen) atoms. The molecule has 1 aliphatic heterocycles. The van der Waals surface area contributed by atoms with Crippen LogP contribution < -0.4 is 5.32 Å². The number of benzene rings is 1. The number of likely N-dealkylation sites (tertiary alicyclic amines) is 1. The van der Waals surface area contributed by atoms with E-state index in [1.807, 2.05) is 0 Å². The first-order valence-corrected chi connectivity index (χ1v) is 8.58. The van der Waals surface area contributed by atoms with Crippen molar-refractivity contribution in [2.24, 2.45) is 0 Å². The zero-order valence-electron chi connectivity index (χ0n) is 14.1. The van der Waals surface area contributed by atoms with Crippen LogP contribution in [0.25, 0.3) is 0 Å². The van der Waals surface area contributed by atoms with E-state index < -0.39 is 0 Å². The van der Waals surface area contributed by atoms with E-state index >= 15 is 0 Å². The van der Waals surface area contributed by atoms with Crippen LogP contribution in [0.4, 0.5) is 0 Å². The molecule has 2 rings (SSSR count). The van der Waals surface area contributed by atoms with Crippen molar-refractivity contribution in [3.63, 3.8) is 0 Å². The van der Waals surface area contributed by atoms with Gasteiger partial charge in [-0.15, -0.1) is 0 Å². The van der Waals surface area contributed by atoms with Gasteiger partial charge in [0.05, 0.1) is 0 Å². The Morgan fingerprint density at radius 2 is 1.67 bits per heavy atom. The van der Waals surface area contributed by atoms with Gasteiger partial charge in [-0.05, 0) is 68.4 Å². The van der Waals surface area contributed by atoms with E-state index in [-0.39, 0.29) is 5.41 Å². The highest BCUT2D eigenvalue weighted by Crippen LogP contribution is 2.22. The highest BCUT2D eigenvalue weighted by Gasteiger charge is 2.12. The van der Waals surface area contributed by atoms with Crippen LogP contribution in [0.3, 0.4) is 0 Å². The number of unbranched alkanes of at least 4 members (excludes halogenated alkanes) is 1. The van der Waals surface area contributed by atoms with Crippen molar-refractivity contribution < 1.29 is 0 Å². The maximum atomic E-state index is 3.57. The zero-order chi connectivity index (χ0) is 15.1. The lowest BCUT2D eigenvalue weighted by atomic mass is 9.87. The first-order valence-electron chi connectivity index (χ1n) is 8.58. The topological polar surface area (TPSA) is 15.3 Å². The average Bonchev–Trinajstić information content (AvgIpc) is 2.95. The fourth-order valence-electron chi connectivity index (χ4n) is 2.95. The Labute approximate surface area is 130 Å². The molecule has 0 atom stereocenters. The van der Waals surface area contributed by atoms with Gasteiger partial charge in [-0.25, -0.2) is 0 Å². The van der Waals surface area contributed by atoms with Crippen LogP contribution >= 0.6 is 0 Å². The minimum Gasteiger partial charge on any atom is -0.313 e. The van der Waals surface area contributed by atoms with Crippen LogP contribution in [0.2, 0.25) is 0 Å². The predicted octanol–water partition coefficient (Wildman–Crippen LogP) is 3.95. The summed E-state index contributed by atoms with van der Waals surface area (Å²) in [6.07, 6.45) is 5.43. The number of rotatable bonds is 7. The van der Waals surface area contributed by atoms with Crippen LogP contribution in [0.5, 0.6) is 0 Å². The Kier molecular flexibility index (Phi) is 6.25. The SMILES string of the molecule is CC(C)(C)c1ccc(CNCCCCN2CCCC2)cc1. The van der Waals surface area contributed by atoms with E-state index in [1.54, 1.807) is 0 Å². The smallest absolute Gasteiger partial charge is 0.0205 e. The van der Waals surface area contributed by atoms with E-state index in [9.17, 15) is 0 Å². The van der Waals surface area contributed by atoms with Gasteiger partial charge < -0.3 is 10.2 Å². The first kappa shape index (κ1) is 16.5. The lowest BCUT2D eigenvalue weighted by Gasteiger charge is -2.19. The van der Waals surface area contributed by atoms with Gasteiger partial charge in [0.1, 0.15) is 0 Å². The third kappa shape index (κ3) is 5.80. The fraction of sp³-hybridized carbons (Fsp3) is 0.684. The predicted molar refractivity (Wildman–Crippen MR) is 91.8 cm³/mol. The molecule has 0 aromatic heterocycles. The molecule has 0 spiro atoms. The molecule has 0 bridgehead atoms. The average molecular weight is 288 g/mol. The van der Waals surface area contributed by atoms with Gasteiger partial charge >= 0.3 is 0 Å². The summed E-state index contributed by atoms with van der Waals surface area (Å²) in [5.41, 5.74) is 3.06. The summed E-state index contributed by atoms with van der Waals surface area (Å²) in [5.74, 6) is 0. The second kappa shape index (κ2) is 7.95. The van der Waals surface area contributed by atoms with Crippen molar-refractivity contribution >= 4 is 0 Å². The van der Waals surface area contributed by atoms with E-state index in [4.69, 9.17) is 0 Å². The van der Waals surface area contributed by atoms with Crippen LogP contribution in [0, 0.1) is 0 Å². The normalized spacial score (nSPS) is 16.5. The van der Waals surface area contributed by atoms with Gasteiger partial charge in [0.2, 0.25) is 0 Å². The molecule has 118 valence electrons. The standard InChI is InChI=1S/C19H32N2/c1-19(2,3)18-10-8-17(9-11-18)16-20-12-4-5-13-21-14-6-7-15-21/h8-11,20H,4-7,12-16H2,1-3H3. The van der Waals surface area contributed by atoms with Gasteiger partial charge in [0.25, 0.3) is 0 Å². The summed E-state index contributed by atoms with van der Waals surface area (Å²) in [6.45, 7) is 12.9. The van der Waals surface area contributed by atoms with Gasteiger partial charge in [-0.1, -0.05) is 45.0 Å². The van der Waals surface area contributed by atoms with Crippen molar-refractivity contribution in [2.75, 3.05) is 26.2 Å². The highest BCUT2D eigenvalue weighted by molar-refractivity contribution is 5.27. The molecule has 0 aliphatic carbocycles. The van der Waals surface area contributed by atoms with Crippen molar-refractivity contribution in [3.8, 4) is 0 Å². The van der Waals surface area contributed by atoms with Crippen LogP contribution in [0.15, 0.2) is 24.3 Å². The van der Waals surface area contributed by atoms with E-state index in [0.717, 1.165) is 13.1 Å². The molecule has 1 N–H and O–H groups in total. The highest BCUT2D eigenvalue weighted by atomic mass is 15.1. The molecule has 1 fully saturated rings. The van der Waals surface area contributed by atoms with Crippen LogP contribution in [-0.2, 0) is 12.0 Å². The van der Waals surface area contributed by atoms with E-state index in [1.165, 1.54) is 56.4 Å². The molecule has 0 amide bonds. The van der Waals surface area contributed by atoms with Crippen LogP contribution in [0.1, 0.15) is 57.6 Å². The van der Waals surface area contributed by atoms with Crippen molar-refractivity contribution in [1.29, 1.82) is 0 Å². The molecular formula is C19H32N2. The largest absolute Gasteiger partial charge is 0.313 e. The minimum atomic E-state index is 0.252. The molecule has 1 aliphatic rings. The second-order valence-electron chi connectivity index (χ2n) is 7.38. The lowest BCUT2D eigenvalue weighted by molar-refractivity contribution is 0.329. The molecule has 1 aromatic rings. The Hall–Kier alpha value is -0.860. The molecule has 0 saturated carbocycles. The minimum absolute atomic E-state index is 0.252. The second-order valence-corrected chi connectivity index (χ2v) is 7.38. The summed E-state index contributed by atoms with van der Waals surface area (Å²) in [7, 11) is 0. The van der Waals surface area contributed by atoms with Gasteiger partial charge in [-0.2, -0.15) is 0 Å². The molecule has 0 unspecified atom stereocenters. The summed E-state index contributed by atoms with van der Waals surface area (Å²) in [5, 5.41) is 3.57.